The number of piperazine rings is 1. The zero-order chi connectivity index (χ0) is 17.6. The van der Waals surface area contributed by atoms with Gasteiger partial charge in [0.25, 0.3) is 0 Å². The lowest BCUT2D eigenvalue weighted by molar-refractivity contribution is -0.132. The Bertz CT molecular complexity index is 711. The van der Waals surface area contributed by atoms with E-state index >= 15 is 0 Å². The van der Waals surface area contributed by atoms with Crippen LogP contribution in [-0.2, 0) is 17.9 Å². The number of nitrogens with zero attached hydrogens (tertiary/aromatic N) is 4. The molecule has 1 N–H and O–H groups in total. The number of carbonyl (C=O) groups excluding carboxylic acids is 1. The van der Waals surface area contributed by atoms with Crippen molar-refractivity contribution in [2.24, 2.45) is 0 Å². The molecular formula is C18H24ClN5O. The molecule has 3 rings (SSSR count). The van der Waals surface area contributed by atoms with Crippen LogP contribution in [-0.4, -0.2) is 65.3 Å². The summed E-state index contributed by atoms with van der Waals surface area (Å²) in [6, 6.07) is 7.78. The smallest absolute Gasteiger partial charge is 0.236 e. The van der Waals surface area contributed by atoms with E-state index < -0.39 is 0 Å². The summed E-state index contributed by atoms with van der Waals surface area (Å²) in [5.41, 5.74) is 2.13. The van der Waals surface area contributed by atoms with E-state index in [0.717, 1.165) is 42.3 Å². The maximum absolute atomic E-state index is 12.3. The van der Waals surface area contributed by atoms with Crippen LogP contribution in [0.3, 0.4) is 0 Å². The molecule has 0 radical (unpaired) electrons. The molecule has 2 heterocycles. The zero-order valence-electron chi connectivity index (χ0n) is 14.5. The second-order valence-corrected chi connectivity index (χ2v) is 6.85. The first-order chi connectivity index (χ1) is 12.1. The van der Waals surface area contributed by atoms with Gasteiger partial charge in [0, 0.05) is 49.5 Å². The van der Waals surface area contributed by atoms with Gasteiger partial charge < -0.3 is 10.2 Å². The molecule has 0 aliphatic carbocycles. The average molecular weight is 362 g/mol. The van der Waals surface area contributed by atoms with Gasteiger partial charge in [0.2, 0.25) is 5.91 Å². The summed E-state index contributed by atoms with van der Waals surface area (Å²) >= 11 is 6.20. The standard InChI is InChI=1S/C18H24ClN5O/c1-22(14-18(25)23-8-6-20-7-9-23)11-15-10-21-24(12-15)13-16-4-2-3-5-17(16)19/h2-5,10,12,20H,6-9,11,13-14H2,1H3. The van der Waals surface area contributed by atoms with Gasteiger partial charge in [0.15, 0.2) is 0 Å². The Morgan fingerprint density at radius 1 is 1.32 bits per heavy atom. The van der Waals surface area contributed by atoms with Gasteiger partial charge in [-0.1, -0.05) is 29.8 Å². The van der Waals surface area contributed by atoms with Gasteiger partial charge in [-0.3, -0.25) is 14.4 Å². The Morgan fingerprint density at radius 3 is 2.84 bits per heavy atom. The first-order valence-corrected chi connectivity index (χ1v) is 8.91. The Morgan fingerprint density at radius 2 is 2.08 bits per heavy atom. The van der Waals surface area contributed by atoms with Crippen molar-refractivity contribution in [3.05, 3.63) is 52.8 Å². The van der Waals surface area contributed by atoms with Crippen molar-refractivity contribution in [3.63, 3.8) is 0 Å². The number of benzene rings is 1. The zero-order valence-corrected chi connectivity index (χ0v) is 15.2. The molecule has 1 aromatic carbocycles. The summed E-state index contributed by atoms with van der Waals surface area (Å²) in [5.74, 6) is 0.187. The minimum absolute atomic E-state index is 0.187. The van der Waals surface area contributed by atoms with Crippen LogP contribution < -0.4 is 5.32 Å². The van der Waals surface area contributed by atoms with Crippen molar-refractivity contribution in [1.29, 1.82) is 0 Å². The van der Waals surface area contributed by atoms with Crippen LogP contribution in [0.25, 0.3) is 0 Å². The summed E-state index contributed by atoms with van der Waals surface area (Å²) in [6.45, 7) is 5.11. The van der Waals surface area contributed by atoms with Gasteiger partial charge in [-0.2, -0.15) is 5.10 Å². The van der Waals surface area contributed by atoms with Crippen molar-refractivity contribution >= 4 is 17.5 Å². The maximum atomic E-state index is 12.3. The van der Waals surface area contributed by atoms with Crippen LogP contribution in [0.5, 0.6) is 0 Å². The third-order valence-electron chi connectivity index (χ3n) is 4.30. The number of hydrogen-bond acceptors (Lipinski definition) is 4. The summed E-state index contributed by atoms with van der Waals surface area (Å²) in [7, 11) is 1.96. The van der Waals surface area contributed by atoms with E-state index in [2.05, 4.69) is 10.4 Å². The molecule has 0 spiro atoms. The van der Waals surface area contributed by atoms with E-state index in [-0.39, 0.29) is 5.91 Å². The molecule has 1 aromatic heterocycles. The van der Waals surface area contributed by atoms with Gasteiger partial charge in [-0.25, -0.2) is 0 Å². The summed E-state index contributed by atoms with van der Waals surface area (Å²) in [5, 5.41) is 8.41. The number of carbonyl (C=O) groups is 1. The van der Waals surface area contributed by atoms with Crippen LogP contribution >= 0.6 is 11.6 Å². The van der Waals surface area contributed by atoms with Crippen molar-refractivity contribution < 1.29 is 4.79 Å². The third kappa shape index (κ3) is 5.04. The molecule has 0 atom stereocenters. The minimum Gasteiger partial charge on any atom is -0.339 e. The van der Waals surface area contributed by atoms with Gasteiger partial charge in [-0.05, 0) is 18.7 Å². The third-order valence-corrected chi connectivity index (χ3v) is 4.67. The monoisotopic (exact) mass is 361 g/mol. The molecule has 1 saturated heterocycles. The lowest BCUT2D eigenvalue weighted by Gasteiger charge is -2.29. The van der Waals surface area contributed by atoms with Gasteiger partial charge >= 0.3 is 0 Å². The first kappa shape index (κ1) is 17.9. The number of halogens is 1. The molecule has 1 aliphatic rings. The highest BCUT2D eigenvalue weighted by Gasteiger charge is 2.17. The number of likely N-dealkylation sites (N-methyl/N-ethyl adjacent to an activating group) is 1. The molecule has 0 bridgehead atoms. The topological polar surface area (TPSA) is 53.4 Å². The van der Waals surface area contributed by atoms with Crippen molar-refractivity contribution in [1.82, 2.24) is 24.9 Å². The second kappa shape index (κ2) is 8.47. The van der Waals surface area contributed by atoms with E-state index in [1.54, 1.807) is 0 Å². The number of amides is 1. The molecule has 0 unspecified atom stereocenters. The summed E-state index contributed by atoms with van der Waals surface area (Å²) < 4.78 is 1.88. The van der Waals surface area contributed by atoms with Crippen molar-refractivity contribution in [3.8, 4) is 0 Å². The highest BCUT2D eigenvalue weighted by molar-refractivity contribution is 6.31. The highest BCUT2D eigenvalue weighted by atomic mass is 35.5. The van der Waals surface area contributed by atoms with Crippen LogP contribution in [0.15, 0.2) is 36.7 Å². The lowest BCUT2D eigenvalue weighted by atomic mass is 10.2. The fourth-order valence-corrected chi connectivity index (χ4v) is 3.18. The fourth-order valence-electron chi connectivity index (χ4n) is 2.99. The number of hydrogen-bond donors (Lipinski definition) is 1. The lowest BCUT2D eigenvalue weighted by Crippen LogP contribution is -2.49. The molecule has 134 valence electrons. The minimum atomic E-state index is 0.187. The first-order valence-electron chi connectivity index (χ1n) is 8.53. The summed E-state index contributed by atoms with van der Waals surface area (Å²) in [4.78, 5) is 16.3. The molecule has 1 fully saturated rings. The van der Waals surface area contributed by atoms with Crippen molar-refractivity contribution in [2.45, 2.75) is 13.1 Å². The number of rotatable bonds is 6. The predicted octanol–water partition coefficient (Wildman–Crippen LogP) is 1.45. The average Bonchev–Trinajstić information content (AvgIpc) is 3.04. The number of nitrogens with one attached hydrogen (secondary N) is 1. The molecule has 0 saturated carbocycles. The Labute approximate surface area is 153 Å². The predicted molar refractivity (Wildman–Crippen MR) is 98.6 cm³/mol. The molecular weight excluding hydrogens is 338 g/mol. The van der Waals surface area contributed by atoms with Crippen LogP contribution in [0.4, 0.5) is 0 Å². The Kier molecular flexibility index (Phi) is 6.07. The van der Waals surface area contributed by atoms with Crippen LogP contribution in [0.2, 0.25) is 5.02 Å². The fraction of sp³-hybridized carbons (Fsp3) is 0.444. The van der Waals surface area contributed by atoms with E-state index in [9.17, 15) is 4.79 Å². The molecule has 1 aliphatic heterocycles. The maximum Gasteiger partial charge on any atom is 0.236 e. The van der Waals surface area contributed by atoms with Crippen LogP contribution in [0, 0.1) is 0 Å². The Balaban J connectivity index is 1.52. The molecule has 6 nitrogen and oxygen atoms in total. The van der Waals surface area contributed by atoms with Gasteiger partial charge in [-0.15, -0.1) is 0 Å². The van der Waals surface area contributed by atoms with E-state index in [1.165, 1.54) is 0 Å². The van der Waals surface area contributed by atoms with Gasteiger partial charge in [0.05, 0.1) is 19.3 Å². The van der Waals surface area contributed by atoms with E-state index in [0.29, 0.717) is 19.6 Å². The van der Waals surface area contributed by atoms with Crippen molar-refractivity contribution in [2.75, 3.05) is 39.8 Å². The van der Waals surface area contributed by atoms with Gasteiger partial charge in [0.1, 0.15) is 0 Å². The highest BCUT2D eigenvalue weighted by Crippen LogP contribution is 2.16. The second-order valence-electron chi connectivity index (χ2n) is 6.44. The van der Waals surface area contributed by atoms with Crippen LogP contribution in [0.1, 0.15) is 11.1 Å². The SMILES string of the molecule is CN(CC(=O)N1CCNCC1)Cc1cnn(Cc2ccccc2Cl)c1. The number of aromatic nitrogens is 2. The normalized spacial score (nSPS) is 14.9. The largest absolute Gasteiger partial charge is 0.339 e. The van der Waals surface area contributed by atoms with E-state index in [4.69, 9.17) is 11.6 Å². The Hall–Kier alpha value is -1.89. The molecule has 25 heavy (non-hydrogen) atoms. The quantitative estimate of drug-likeness (QED) is 0.846. The molecule has 7 heteroatoms. The summed E-state index contributed by atoms with van der Waals surface area (Å²) in [6.07, 6.45) is 3.86. The molecule has 1 amide bonds. The molecule has 2 aromatic rings. The van der Waals surface area contributed by atoms with E-state index in [1.807, 2.05) is 58.2 Å².